The molecule has 0 saturated carbocycles. The number of hydrogen-bond donors (Lipinski definition) is 0. The molecule has 0 saturated heterocycles. The van der Waals surface area contributed by atoms with Crippen LogP contribution in [0.4, 0.5) is 0 Å². The Hall–Kier alpha value is -1.18. The number of hydrogen-bond acceptors (Lipinski definition) is 5. The van der Waals surface area contributed by atoms with Crippen LogP contribution in [0.15, 0.2) is 40.1 Å². The lowest BCUT2D eigenvalue weighted by molar-refractivity contribution is 0.379. The Bertz CT molecular complexity index is 687. The number of rotatable bonds is 3. The summed E-state index contributed by atoms with van der Waals surface area (Å²) in [6.07, 6.45) is 1.84. The van der Waals surface area contributed by atoms with Gasteiger partial charge in [0.15, 0.2) is 0 Å². The Labute approximate surface area is 120 Å². The summed E-state index contributed by atoms with van der Waals surface area (Å²) in [6.45, 7) is 0. The normalized spacial score (nSPS) is 19.7. The third-order valence-corrected chi connectivity index (χ3v) is 5.80. The van der Waals surface area contributed by atoms with Crippen molar-refractivity contribution in [3.05, 3.63) is 44.8 Å². The van der Waals surface area contributed by atoms with Crippen molar-refractivity contribution in [2.75, 3.05) is 6.26 Å². The molecule has 0 radical (unpaired) electrons. The second-order valence-electron chi connectivity index (χ2n) is 4.29. The summed E-state index contributed by atoms with van der Waals surface area (Å²) in [5, 5.41) is 8.25. The highest BCUT2D eigenvalue weighted by Crippen LogP contribution is 2.37. The summed E-state index contributed by atoms with van der Waals surface area (Å²) in [6, 6.07) is 7.61. The van der Waals surface area contributed by atoms with Crippen LogP contribution in [0.3, 0.4) is 0 Å². The van der Waals surface area contributed by atoms with Crippen LogP contribution < -0.4 is 0 Å². The third-order valence-electron chi connectivity index (χ3n) is 2.89. The molecule has 3 heterocycles. The first-order valence-corrected chi connectivity index (χ1v) is 9.30. The summed E-state index contributed by atoms with van der Waals surface area (Å²) in [5.41, 5.74) is 0.846. The topological polar surface area (TPSA) is 49.7 Å². The summed E-state index contributed by atoms with van der Waals surface area (Å²) >= 11 is 3.15. The molecule has 7 heteroatoms. The third kappa shape index (κ3) is 2.45. The Kier molecular flexibility index (Phi) is 3.20. The fraction of sp³-hybridized carbons (Fsp3) is 0.250. The van der Waals surface area contributed by atoms with Crippen molar-refractivity contribution in [1.29, 1.82) is 0 Å². The van der Waals surface area contributed by atoms with Crippen molar-refractivity contribution in [1.82, 2.24) is 4.41 Å². The van der Waals surface area contributed by atoms with E-state index in [1.54, 1.807) is 22.7 Å². The standard InChI is InChI=1S/C12H12N2O2S3/c1-19(15,16)14-10(12-5-3-7-18-12)8-9(13-14)11-4-2-6-17-11/h2-7,10H,8H2,1H3. The number of sulfonamides is 1. The predicted octanol–water partition coefficient (Wildman–Crippen LogP) is 2.92. The average Bonchev–Trinajstić information content (AvgIpc) is 3.09. The minimum Gasteiger partial charge on any atom is -0.205 e. The van der Waals surface area contributed by atoms with E-state index in [2.05, 4.69) is 5.10 Å². The fourth-order valence-corrected chi connectivity index (χ4v) is 4.58. The molecule has 1 atom stereocenters. The first-order chi connectivity index (χ1) is 9.05. The molecule has 1 unspecified atom stereocenters. The highest BCUT2D eigenvalue weighted by molar-refractivity contribution is 7.88. The molecule has 3 rings (SSSR count). The minimum atomic E-state index is -3.34. The van der Waals surface area contributed by atoms with Crippen LogP contribution in [0, 0.1) is 0 Å². The van der Waals surface area contributed by atoms with Crippen molar-refractivity contribution in [2.24, 2.45) is 5.10 Å². The van der Waals surface area contributed by atoms with Crippen LogP contribution in [0.5, 0.6) is 0 Å². The molecule has 2 aromatic rings. The van der Waals surface area contributed by atoms with Gasteiger partial charge in [-0.2, -0.15) is 9.52 Å². The van der Waals surface area contributed by atoms with E-state index < -0.39 is 10.0 Å². The van der Waals surface area contributed by atoms with Crippen LogP contribution in [0.25, 0.3) is 0 Å². The monoisotopic (exact) mass is 312 g/mol. The van der Waals surface area contributed by atoms with Gasteiger partial charge in [-0.1, -0.05) is 12.1 Å². The molecule has 2 aromatic heterocycles. The van der Waals surface area contributed by atoms with E-state index in [0.717, 1.165) is 15.5 Å². The van der Waals surface area contributed by atoms with E-state index in [-0.39, 0.29) is 6.04 Å². The van der Waals surface area contributed by atoms with Crippen molar-refractivity contribution in [3.8, 4) is 0 Å². The Morgan fingerprint density at radius 1 is 1.26 bits per heavy atom. The molecular weight excluding hydrogens is 300 g/mol. The summed E-state index contributed by atoms with van der Waals surface area (Å²) < 4.78 is 25.0. The average molecular weight is 312 g/mol. The molecule has 0 amide bonds. The van der Waals surface area contributed by atoms with Crippen molar-refractivity contribution >= 4 is 38.4 Å². The van der Waals surface area contributed by atoms with E-state index >= 15 is 0 Å². The van der Waals surface area contributed by atoms with Crippen molar-refractivity contribution in [2.45, 2.75) is 12.5 Å². The summed E-state index contributed by atoms with van der Waals surface area (Å²) in [4.78, 5) is 2.06. The van der Waals surface area contributed by atoms with Gasteiger partial charge >= 0.3 is 0 Å². The van der Waals surface area contributed by atoms with Gasteiger partial charge in [-0.05, 0) is 22.9 Å². The molecule has 0 spiro atoms. The number of thiophene rings is 2. The zero-order valence-electron chi connectivity index (χ0n) is 10.2. The lowest BCUT2D eigenvalue weighted by Crippen LogP contribution is -2.25. The summed E-state index contributed by atoms with van der Waals surface area (Å²) in [5.74, 6) is 0. The molecule has 100 valence electrons. The minimum absolute atomic E-state index is 0.202. The lowest BCUT2D eigenvalue weighted by atomic mass is 10.1. The fourth-order valence-electron chi connectivity index (χ4n) is 2.08. The molecule has 0 aromatic carbocycles. The molecule has 1 aliphatic rings. The van der Waals surface area contributed by atoms with Gasteiger partial charge in [0.05, 0.1) is 16.8 Å². The van der Waals surface area contributed by atoms with Gasteiger partial charge in [-0.15, -0.1) is 22.7 Å². The maximum Gasteiger partial charge on any atom is 0.247 e. The van der Waals surface area contributed by atoms with Crippen molar-refractivity contribution in [3.63, 3.8) is 0 Å². The number of nitrogens with zero attached hydrogens (tertiary/aromatic N) is 2. The van der Waals surface area contributed by atoms with Crippen LogP contribution in [-0.2, 0) is 10.0 Å². The maximum absolute atomic E-state index is 11.9. The quantitative estimate of drug-likeness (QED) is 0.875. The second kappa shape index (κ2) is 4.73. The SMILES string of the molecule is CS(=O)(=O)N1N=C(c2cccs2)CC1c1cccs1. The zero-order valence-corrected chi connectivity index (χ0v) is 12.6. The van der Waals surface area contributed by atoms with E-state index in [1.807, 2.05) is 35.0 Å². The molecule has 0 fully saturated rings. The lowest BCUT2D eigenvalue weighted by Gasteiger charge is -2.19. The largest absolute Gasteiger partial charge is 0.247 e. The Morgan fingerprint density at radius 3 is 2.58 bits per heavy atom. The molecular formula is C12H12N2O2S3. The highest BCUT2D eigenvalue weighted by Gasteiger charge is 2.35. The smallest absolute Gasteiger partial charge is 0.205 e. The molecule has 19 heavy (non-hydrogen) atoms. The molecule has 1 aliphatic heterocycles. The first kappa shape index (κ1) is 12.8. The number of hydrazone groups is 1. The molecule has 4 nitrogen and oxygen atoms in total. The predicted molar refractivity (Wildman–Crippen MR) is 79.2 cm³/mol. The molecule has 0 bridgehead atoms. The second-order valence-corrected chi connectivity index (χ2v) is 8.06. The first-order valence-electron chi connectivity index (χ1n) is 5.70. The van der Waals surface area contributed by atoms with E-state index in [9.17, 15) is 8.42 Å². The van der Waals surface area contributed by atoms with Gasteiger partial charge in [-0.25, -0.2) is 8.42 Å². The van der Waals surface area contributed by atoms with Gasteiger partial charge in [0.25, 0.3) is 0 Å². The van der Waals surface area contributed by atoms with E-state index in [0.29, 0.717) is 6.42 Å². The van der Waals surface area contributed by atoms with Crippen LogP contribution >= 0.6 is 22.7 Å². The molecule has 0 aliphatic carbocycles. The van der Waals surface area contributed by atoms with Gasteiger partial charge < -0.3 is 0 Å². The maximum atomic E-state index is 11.9. The van der Waals surface area contributed by atoms with Crippen LogP contribution in [-0.4, -0.2) is 24.8 Å². The van der Waals surface area contributed by atoms with E-state index in [4.69, 9.17) is 0 Å². The van der Waals surface area contributed by atoms with Gasteiger partial charge in [-0.3, -0.25) is 0 Å². The Morgan fingerprint density at radius 2 is 2.00 bits per heavy atom. The Balaban J connectivity index is 2.00. The van der Waals surface area contributed by atoms with E-state index in [1.165, 1.54) is 10.7 Å². The van der Waals surface area contributed by atoms with Gasteiger partial charge in [0.1, 0.15) is 6.04 Å². The van der Waals surface area contributed by atoms with Crippen LogP contribution in [0.1, 0.15) is 22.2 Å². The molecule has 0 N–H and O–H groups in total. The van der Waals surface area contributed by atoms with Gasteiger partial charge in [0, 0.05) is 11.3 Å². The van der Waals surface area contributed by atoms with Crippen LogP contribution in [0.2, 0.25) is 0 Å². The zero-order chi connectivity index (χ0) is 13.5. The van der Waals surface area contributed by atoms with Gasteiger partial charge in [0.2, 0.25) is 10.0 Å². The highest BCUT2D eigenvalue weighted by atomic mass is 32.2. The summed E-state index contributed by atoms with van der Waals surface area (Å²) in [7, 11) is -3.34. The van der Waals surface area contributed by atoms with Crippen molar-refractivity contribution < 1.29 is 8.42 Å².